The van der Waals surface area contributed by atoms with Crippen LogP contribution in [0, 0.1) is 6.92 Å². The van der Waals surface area contributed by atoms with Gasteiger partial charge in [-0.05, 0) is 43.7 Å². The molecule has 6 heteroatoms. The lowest BCUT2D eigenvalue weighted by atomic mass is 10.1. The molecule has 0 fully saturated rings. The van der Waals surface area contributed by atoms with Gasteiger partial charge in [-0.2, -0.15) is 0 Å². The monoisotopic (exact) mass is 336 g/mol. The molecule has 0 saturated heterocycles. The highest BCUT2D eigenvalue weighted by Crippen LogP contribution is 2.17. The Labute approximate surface area is 138 Å². The van der Waals surface area contributed by atoms with E-state index in [4.69, 9.17) is 11.6 Å². The molecule has 0 aliphatic carbocycles. The Kier molecular flexibility index (Phi) is 5.57. The van der Waals surface area contributed by atoms with Gasteiger partial charge in [0.1, 0.15) is 0 Å². The zero-order chi connectivity index (χ0) is 16.1. The van der Waals surface area contributed by atoms with Crippen LogP contribution in [0.4, 0.5) is 0 Å². The summed E-state index contributed by atoms with van der Waals surface area (Å²) < 4.78 is 0. The number of halogens is 1. The topological polar surface area (TPSA) is 58.2 Å². The Morgan fingerprint density at radius 1 is 1.27 bits per heavy atom. The highest BCUT2D eigenvalue weighted by molar-refractivity contribution is 7.13. The average Bonchev–Trinajstić information content (AvgIpc) is 2.91. The van der Waals surface area contributed by atoms with Gasteiger partial charge in [-0.1, -0.05) is 23.7 Å². The molecule has 0 spiro atoms. The smallest absolute Gasteiger partial charge is 0.261 e. The zero-order valence-electron chi connectivity index (χ0n) is 12.4. The highest BCUT2D eigenvalue weighted by atomic mass is 35.5. The SMILES string of the molecule is Cc1ccc(C(=O)NCC(=O)NC(C)c2cccc(Cl)c2)s1. The van der Waals surface area contributed by atoms with E-state index in [2.05, 4.69) is 10.6 Å². The molecule has 0 saturated carbocycles. The summed E-state index contributed by atoms with van der Waals surface area (Å²) in [7, 11) is 0. The molecule has 0 radical (unpaired) electrons. The van der Waals surface area contributed by atoms with Crippen molar-refractivity contribution in [2.45, 2.75) is 19.9 Å². The molecular weight excluding hydrogens is 320 g/mol. The standard InChI is InChI=1S/C16H17ClN2O2S/c1-10-6-7-14(22-10)16(21)18-9-15(20)19-11(2)12-4-3-5-13(17)8-12/h3-8,11H,9H2,1-2H3,(H,18,21)(H,19,20). The first-order valence-corrected chi connectivity index (χ1v) is 8.04. The van der Waals surface area contributed by atoms with Gasteiger partial charge in [0.25, 0.3) is 5.91 Å². The Bertz CT molecular complexity index is 684. The van der Waals surface area contributed by atoms with Gasteiger partial charge in [-0.15, -0.1) is 11.3 Å². The Morgan fingerprint density at radius 3 is 2.68 bits per heavy atom. The van der Waals surface area contributed by atoms with E-state index in [0.29, 0.717) is 9.90 Å². The normalized spacial score (nSPS) is 11.8. The Balaban J connectivity index is 1.84. The fraction of sp³-hybridized carbons (Fsp3) is 0.250. The number of nitrogens with one attached hydrogen (secondary N) is 2. The van der Waals surface area contributed by atoms with Crippen LogP contribution in [0.15, 0.2) is 36.4 Å². The Hall–Kier alpha value is -1.85. The predicted octanol–water partition coefficient (Wildman–Crippen LogP) is 3.32. The maximum atomic E-state index is 11.9. The predicted molar refractivity (Wildman–Crippen MR) is 89.4 cm³/mol. The number of rotatable bonds is 5. The number of hydrogen-bond donors (Lipinski definition) is 2. The molecule has 2 amide bonds. The summed E-state index contributed by atoms with van der Waals surface area (Å²) in [5.41, 5.74) is 0.918. The van der Waals surface area contributed by atoms with Gasteiger partial charge < -0.3 is 10.6 Å². The number of thiophene rings is 1. The van der Waals surface area contributed by atoms with E-state index in [1.807, 2.05) is 32.0 Å². The van der Waals surface area contributed by atoms with E-state index < -0.39 is 0 Å². The third-order valence-electron chi connectivity index (χ3n) is 3.10. The zero-order valence-corrected chi connectivity index (χ0v) is 13.9. The molecule has 1 atom stereocenters. The summed E-state index contributed by atoms with van der Waals surface area (Å²) in [5, 5.41) is 6.07. The minimum atomic E-state index is -0.242. The van der Waals surface area contributed by atoms with Crippen molar-refractivity contribution >= 4 is 34.8 Å². The van der Waals surface area contributed by atoms with Crippen molar-refractivity contribution in [2.24, 2.45) is 0 Å². The lowest BCUT2D eigenvalue weighted by molar-refractivity contribution is -0.120. The van der Waals surface area contributed by atoms with Crippen molar-refractivity contribution in [3.05, 3.63) is 56.7 Å². The minimum Gasteiger partial charge on any atom is -0.348 e. The third-order valence-corrected chi connectivity index (χ3v) is 4.33. The maximum absolute atomic E-state index is 11.9. The second-order valence-electron chi connectivity index (χ2n) is 4.94. The van der Waals surface area contributed by atoms with Gasteiger partial charge >= 0.3 is 0 Å². The number of carbonyl (C=O) groups excluding carboxylic acids is 2. The van der Waals surface area contributed by atoms with Crippen LogP contribution in [-0.4, -0.2) is 18.4 Å². The Morgan fingerprint density at radius 2 is 2.05 bits per heavy atom. The molecule has 1 aromatic carbocycles. The summed E-state index contributed by atoms with van der Waals surface area (Å²) in [6.07, 6.45) is 0. The van der Waals surface area contributed by atoms with Crippen LogP contribution in [0.3, 0.4) is 0 Å². The van der Waals surface area contributed by atoms with Gasteiger partial charge in [-0.3, -0.25) is 9.59 Å². The number of benzene rings is 1. The van der Waals surface area contributed by atoms with E-state index in [0.717, 1.165) is 10.4 Å². The molecule has 0 aliphatic rings. The van der Waals surface area contributed by atoms with Gasteiger partial charge in [-0.25, -0.2) is 0 Å². The fourth-order valence-corrected chi connectivity index (χ4v) is 2.94. The fourth-order valence-electron chi connectivity index (χ4n) is 1.96. The van der Waals surface area contributed by atoms with Crippen molar-refractivity contribution in [3.63, 3.8) is 0 Å². The van der Waals surface area contributed by atoms with Crippen molar-refractivity contribution in [3.8, 4) is 0 Å². The first kappa shape index (κ1) is 16.5. The van der Waals surface area contributed by atoms with Crippen molar-refractivity contribution in [1.29, 1.82) is 0 Å². The third kappa shape index (κ3) is 4.58. The molecule has 1 unspecified atom stereocenters. The average molecular weight is 337 g/mol. The van der Waals surface area contributed by atoms with Gasteiger partial charge in [0, 0.05) is 9.90 Å². The second-order valence-corrected chi connectivity index (χ2v) is 6.66. The maximum Gasteiger partial charge on any atom is 0.261 e. The number of amides is 2. The lowest BCUT2D eigenvalue weighted by Crippen LogP contribution is -2.37. The van der Waals surface area contributed by atoms with E-state index in [1.165, 1.54) is 11.3 Å². The first-order valence-electron chi connectivity index (χ1n) is 6.85. The summed E-state index contributed by atoms with van der Waals surface area (Å²) in [6, 6.07) is 10.8. The highest BCUT2D eigenvalue weighted by Gasteiger charge is 2.12. The molecule has 2 N–H and O–H groups in total. The molecule has 1 heterocycles. The second kappa shape index (κ2) is 7.42. The van der Waals surface area contributed by atoms with Gasteiger partial charge in [0.15, 0.2) is 0 Å². The van der Waals surface area contributed by atoms with E-state index >= 15 is 0 Å². The summed E-state index contributed by atoms with van der Waals surface area (Å²) in [5.74, 6) is -0.474. The molecular formula is C16H17ClN2O2S. The molecule has 2 rings (SSSR count). The molecule has 22 heavy (non-hydrogen) atoms. The first-order chi connectivity index (χ1) is 10.5. The van der Waals surface area contributed by atoms with Crippen LogP contribution in [0.25, 0.3) is 0 Å². The minimum absolute atomic E-state index is 0.0549. The summed E-state index contributed by atoms with van der Waals surface area (Å²) >= 11 is 7.33. The van der Waals surface area contributed by atoms with Crippen LogP contribution < -0.4 is 10.6 Å². The molecule has 116 valence electrons. The van der Waals surface area contributed by atoms with Crippen molar-refractivity contribution in [1.82, 2.24) is 10.6 Å². The van der Waals surface area contributed by atoms with Gasteiger partial charge in [0.05, 0.1) is 17.5 Å². The molecule has 0 bridgehead atoms. The van der Waals surface area contributed by atoms with E-state index in [9.17, 15) is 9.59 Å². The van der Waals surface area contributed by atoms with Gasteiger partial charge in [0.2, 0.25) is 5.91 Å². The molecule has 1 aromatic heterocycles. The van der Waals surface area contributed by atoms with Crippen molar-refractivity contribution in [2.75, 3.05) is 6.54 Å². The van der Waals surface area contributed by atoms with E-state index in [-0.39, 0.29) is 24.4 Å². The van der Waals surface area contributed by atoms with Crippen LogP contribution in [0.1, 0.15) is 33.1 Å². The van der Waals surface area contributed by atoms with Crippen LogP contribution in [0.5, 0.6) is 0 Å². The van der Waals surface area contributed by atoms with Crippen LogP contribution >= 0.6 is 22.9 Å². The summed E-state index contributed by atoms with van der Waals surface area (Å²) in [4.78, 5) is 25.4. The number of carbonyl (C=O) groups is 2. The van der Waals surface area contributed by atoms with Crippen molar-refractivity contribution < 1.29 is 9.59 Å². The number of hydrogen-bond acceptors (Lipinski definition) is 3. The molecule has 4 nitrogen and oxygen atoms in total. The molecule has 2 aromatic rings. The lowest BCUT2D eigenvalue weighted by Gasteiger charge is -2.14. The van der Waals surface area contributed by atoms with E-state index in [1.54, 1.807) is 18.2 Å². The largest absolute Gasteiger partial charge is 0.348 e. The number of aryl methyl sites for hydroxylation is 1. The van der Waals surface area contributed by atoms with Crippen LogP contribution in [0.2, 0.25) is 5.02 Å². The summed E-state index contributed by atoms with van der Waals surface area (Å²) in [6.45, 7) is 3.75. The molecule has 0 aliphatic heterocycles. The quantitative estimate of drug-likeness (QED) is 0.880. The van der Waals surface area contributed by atoms with Crippen LogP contribution in [-0.2, 0) is 4.79 Å².